The van der Waals surface area contributed by atoms with Crippen molar-refractivity contribution in [3.63, 3.8) is 0 Å². The minimum atomic E-state index is -3.68. The Morgan fingerprint density at radius 3 is 2.46 bits per heavy atom. The minimum absolute atomic E-state index is 0.274. The molecule has 140 valence electrons. The monoisotopic (exact) mass is 396 g/mol. The van der Waals surface area contributed by atoms with Crippen LogP contribution in [-0.4, -0.2) is 33.7 Å². The first-order valence-corrected chi connectivity index (χ1v) is 10.1. The highest BCUT2D eigenvalue weighted by Crippen LogP contribution is 2.25. The molecule has 2 aromatic rings. The Morgan fingerprint density at radius 1 is 1.23 bits per heavy atom. The van der Waals surface area contributed by atoms with Crippen LogP contribution in [0.4, 0.5) is 5.69 Å². The van der Waals surface area contributed by atoms with E-state index in [1.165, 1.54) is 14.0 Å². The second-order valence-electron chi connectivity index (χ2n) is 5.78. The summed E-state index contributed by atoms with van der Waals surface area (Å²) >= 11 is 5.84. The molecule has 0 radical (unpaired) electrons. The van der Waals surface area contributed by atoms with Gasteiger partial charge in [-0.05, 0) is 36.8 Å². The molecule has 0 aliphatic rings. The summed E-state index contributed by atoms with van der Waals surface area (Å²) in [4.78, 5) is 12.5. The van der Waals surface area contributed by atoms with Crippen molar-refractivity contribution in [3.05, 3.63) is 59.1 Å². The summed E-state index contributed by atoms with van der Waals surface area (Å²) in [6.45, 7) is 1.81. The zero-order valence-corrected chi connectivity index (χ0v) is 16.3. The van der Waals surface area contributed by atoms with E-state index in [0.29, 0.717) is 16.5 Å². The molecule has 1 unspecified atom stereocenters. The number of methoxy groups -OCH3 is 1. The van der Waals surface area contributed by atoms with Gasteiger partial charge in [0.15, 0.2) is 0 Å². The topological polar surface area (TPSA) is 75.7 Å². The average Bonchev–Trinajstić information content (AvgIpc) is 2.60. The molecule has 0 saturated heterocycles. The fourth-order valence-electron chi connectivity index (χ4n) is 2.50. The third-order valence-electron chi connectivity index (χ3n) is 3.78. The summed E-state index contributed by atoms with van der Waals surface area (Å²) in [6, 6.07) is 12.7. The molecule has 26 heavy (non-hydrogen) atoms. The number of amides is 1. The van der Waals surface area contributed by atoms with Crippen molar-refractivity contribution in [2.45, 2.75) is 19.5 Å². The molecule has 0 heterocycles. The van der Waals surface area contributed by atoms with Crippen LogP contribution in [0, 0.1) is 0 Å². The van der Waals surface area contributed by atoms with E-state index in [4.69, 9.17) is 16.3 Å². The van der Waals surface area contributed by atoms with Crippen LogP contribution in [-0.2, 0) is 21.4 Å². The van der Waals surface area contributed by atoms with E-state index in [2.05, 4.69) is 5.32 Å². The highest BCUT2D eigenvalue weighted by Gasteiger charge is 2.29. The molecule has 0 saturated carbocycles. The normalized spacial score (nSPS) is 12.3. The molecular weight excluding hydrogens is 376 g/mol. The van der Waals surface area contributed by atoms with Gasteiger partial charge in [-0.2, -0.15) is 0 Å². The van der Waals surface area contributed by atoms with E-state index in [9.17, 15) is 13.2 Å². The lowest BCUT2D eigenvalue weighted by atomic mass is 10.2. The highest BCUT2D eigenvalue weighted by molar-refractivity contribution is 7.92. The standard InChI is InChI=1S/C18H21ClN2O4S/c1-13(18(22)20-12-14-7-9-15(19)10-8-14)21(26(3,23)24)16-5-4-6-17(11-16)25-2/h4-11,13H,12H2,1-3H3,(H,20,22). The molecule has 0 fully saturated rings. The molecule has 2 aromatic carbocycles. The smallest absolute Gasteiger partial charge is 0.243 e. The molecule has 1 N–H and O–H groups in total. The summed E-state index contributed by atoms with van der Waals surface area (Å²) in [5, 5.41) is 3.36. The molecule has 1 amide bonds. The lowest BCUT2D eigenvalue weighted by Crippen LogP contribution is -2.47. The van der Waals surface area contributed by atoms with Crippen LogP contribution in [0.25, 0.3) is 0 Å². The number of rotatable bonds is 7. The Kier molecular flexibility index (Phi) is 6.50. The Labute approximate surface area is 158 Å². The molecule has 6 nitrogen and oxygen atoms in total. The van der Waals surface area contributed by atoms with E-state index < -0.39 is 22.0 Å². The van der Waals surface area contributed by atoms with Crippen molar-refractivity contribution in [2.75, 3.05) is 17.7 Å². The predicted octanol–water partition coefficient (Wildman–Crippen LogP) is 2.82. The maximum atomic E-state index is 12.5. The number of nitrogens with one attached hydrogen (secondary N) is 1. The van der Waals surface area contributed by atoms with Crippen LogP contribution in [0.1, 0.15) is 12.5 Å². The molecule has 0 bridgehead atoms. The lowest BCUT2D eigenvalue weighted by molar-refractivity contribution is -0.122. The molecule has 1 atom stereocenters. The van der Waals surface area contributed by atoms with Gasteiger partial charge in [-0.15, -0.1) is 0 Å². The third kappa shape index (κ3) is 5.12. The first-order chi connectivity index (χ1) is 12.2. The van der Waals surface area contributed by atoms with Gasteiger partial charge >= 0.3 is 0 Å². The van der Waals surface area contributed by atoms with Gasteiger partial charge in [0.1, 0.15) is 11.8 Å². The Morgan fingerprint density at radius 2 is 1.88 bits per heavy atom. The van der Waals surface area contributed by atoms with E-state index in [1.54, 1.807) is 48.5 Å². The van der Waals surface area contributed by atoms with Gasteiger partial charge in [0, 0.05) is 17.6 Å². The van der Waals surface area contributed by atoms with Gasteiger partial charge in [-0.1, -0.05) is 29.8 Å². The van der Waals surface area contributed by atoms with Gasteiger partial charge in [-0.3, -0.25) is 9.10 Å². The average molecular weight is 397 g/mol. The van der Waals surface area contributed by atoms with Gasteiger partial charge in [0.2, 0.25) is 15.9 Å². The number of nitrogens with zero attached hydrogens (tertiary/aromatic N) is 1. The van der Waals surface area contributed by atoms with E-state index in [-0.39, 0.29) is 6.54 Å². The van der Waals surface area contributed by atoms with E-state index >= 15 is 0 Å². The Hall–Kier alpha value is -2.25. The zero-order chi connectivity index (χ0) is 19.3. The zero-order valence-electron chi connectivity index (χ0n) is 14.8. The van der Waals surface area contributed by atoms with Crippen molar-refractivity contribution >= 4 is 33.2 Å². The molecular formula is C18H21ClN2O4S. The summed E-state index contributed by atoms with van der Waals surface area (Å²) in [5.41, 5.74) is 1.23. The second kappa shape index (κ2) is 8.42. The maximum absolute atomic E-state index is 12.5. The Balaban J connectivity index is 2.19. The molecule has 0 aromatic heterocycles. The first kappa shape index (κ1) is 20.1. The van der Waals surface area contributed by atoms with E-state index in [0.717, 1.165) is 16.1 Å². The number of hydrogen-bond acceptors (Lipinski definition) is 4. The SMILES string of the molecule is COc1cccc(N(C(C)C(=O)NCc2ccc(Cl)cc2)S(C)(=O)=O)c1. The number of halogens is 1. The van der Waals surface area contributed by atoms with Crippen LogP contribution >= 0.6 is 11.6 Å². The molecule has 8 heteroatoms. The largest absolute Gasteiger partial charge is 0.497 e. The van der Waals surface area contributed by atoms with Crippen molar-refractivity contribution < 1.29 is 17.9 Å². The fraction of sp³-hybridized carbons (Fsp3) is 0.278. The molecule has 0 aliphatic carbocycles. The van der Waals surface area contributed by atoms with Crippen molar-refractivity contribution in [3.8, 4) is 5.75 Å². The number of carbonyl (C=O) groups excluding carboxylic acids is 1. The van der Waals surface area contributed by atoms with Crippen LogP contribution in [0.5, 0.6) is 5.75 Å². The molecule has 0 spiro atoms. The number of sulfonamides is 1. The number of benzene rings is 2. The van der Waals surface area contributed by atoms with Crippen molar-refractivity contribution in [1.29, 1.82) is 0 Å². The van der Waals surface area contributed by atoms with E-state index in [1.807, 2.05) is 0 Å². The first-order valence-electron chi connectivity index (χ1n) is 7.88. The van der Waals surface area contributed by atoms with Crippen molar-refractivity contribution in [1.82, 2.24) is 5.32 Å². The van der Waals surface area contributed by atoms with Gasteiger partial charge in [0.05, 0.1) is 19.1 Å². The van der Waals surface area contributed by atoms with Crippen LogP contribution < -0.4 is 14.4 Å². The fourth-order valence-corrected chi connectivity index (χ4v) is 3.79. The van der Waals surface area contributed by atoms with Crippen LogP contribution in [0.3, 0.4) is 0 Å². The maximum Gasteiger partial charge on any atom is 0.243 e. The Bertz CT molecular complexity index is 869. The number of carbonyl (C=O) groups is 1. The predicted molar refractivity (Wildman–Crippen MR) is 103 cm³/mol. The van der Waals surface area contributed by atoms with Crippen molar-refractivity contribution in [2.24, 2.45) is 0 Å². The third-order valence-corrected chi connectivity index (χ3v) is 5.27. The molecule has 2 rings (SSSR count). The van der Waals surface area contributed by atoms with Gasteiger partial charge in [0.25, 0.3) is 0 Å². The molecule has 0 aliphatic heterocycles. The highest BCUT2D eigenvalue weighted by atomic mass is 35.5. The summed E-state index contributed by atoms with van der Waals surface area (Å²) in [6.07, 6.45) is 1.06. The second-order valence-corrected chi connectivity index (χ2v) is 8.08. The van der Waals surface area contributed by atoms with Crippen LogP contribution in [0.15, 0.2) is 48.5 Å². The summed E-state index contributed by atoms with van der Waals surface area (Å²) in [7, 11) is -2.18. The van der Waals surface area contributed by atoms with Crippen LogP contribution in [0.2, 0.25) is 5.02 Å². The quantitative estimate of drug-likeness (QED) is 0.780. The van der Waals surface area contributed by atoms with Gasteiger partial charge in [-0.25, -0.2) is 8.42 Å². The number of anilines is 1. The minimum Gasteiger partial charge on any atom is -0.497 e. The lowest BCUT2D eigenvalue weighted by Gasteiger charge is -2.28. The number of hydrogen-bond donors (Lipinski definition) is 1. The van der Waals surface area contributed by atoms with Gasteiger partial charge < -0.3 is 10.1 Å². The summed E-state index contributed by atoms with van der Waals surface area (Å²) in [5.74, 6) is 0.0955. The number of ether oxygens (including phenoxy) is 1. The summed E-state index contributed by atoms with van der Waals surface area (Å²) < 4.78 is 30.8.